The molecule has 0 radical (unpaired) electrons. The second kappa shape index (κ2) is 4.33. The van der Waals surface area contributed by atoms with Crippen LogP contribution in [-0.2, 0) is 6.42 Å². The third kappa shape index (κ3) is 1.94. The molecule has 1 atom stereocenters. The van der Waals surface area contributed by atoms with Gasteiger partial charge in [-0.3, -0.25) is 0 Å². The highest BCUT2D eigenvalue weighted by molar-refractivity contribution is 6.30. The average molecular weight is 210 g/mol. The molecule has 1 aliphatic heterocycles. The van der Waals surface area contributed by atoms with Crippen molar-refractivity contribution in [1.82, 2.24) is 5.32 Å². The highest BCUT2D eigenvalue weighted by Crippen LogP contribution is 2.28. The molecular formula is C12H16ClN. The molecule has 1 aromatic rings. The van der Waals surface area contributed by atoms with Crippen molar-refractivity contribution in [3.05, 3.63) is 34.3 Å². The SMILES string of the molecule is CCCC1NCCc2ccc(Cl)cc21. The van der Waals surface area contributed by atoms with Gasteiger partial charge in [0.05, 0.1) is 0 Å². The lowest BCUT2D eigenvalue weighted by atomic mass is 9.92. The smallest absolute Gasteiger partial charge is 0.0409 e. The summed E-state index contributed by atoms with van der Waals surface area (Å²) in [5, 5.41) is 4.40. The van der Waals surface area contributed by atoms with Crippen LogP contribution in [0.5, 0.6) is 0 Å². The fourth-order valence-corrected chi connectivity index (χ4v) is 2.34. The van der Waals surface area contributed by atoms with Gasteiger partial charge in [-0.2, -0.15) is 0 Å². The van der Waals surface area contributed by atoms with E-state index < -0.39 is 0 Å². The van der Waals surface area contributed by atoms with Gasteiger partial charge in [0.1, 0.15) is 0 Å². The van der Waals surface area contributed by atoms with Crippen molar-refractivity contribution in [1.29, 1.82) is 0 Å². The summed E-state index contributed by atoms with van der Waals surface area (Å²) < 4.78 is 0. The van der Waals surface area contributed by atoms with Crippen molar-refractivity contribution in [2.24, 2.45) is 0 Å². The third-order valence-corrected chi connectivity index (χ3v) is 3.08. The van der Waals surface area contributed by atoms with Crippen molar-refractivity contribution in [2.45, 2.75) is 32.2 Å². The fraction of sp³-hybridized carbons (Fsp3) is 0.500. The molecule has 0 bridgehead atoms. The Labute approximate surface area is 90.5 Å². The molecule has 76 valence electrons. The molecular weight excluding hydrogens is 194 g/mol. The Morgan fingerprint density at radius 3 is 3.14 bits per heavy atom. The molecule has 0 fully saturated rings. The number of rotatable bonds is 2. The molecule has 0 aromatic heterocycles. The van der Waals surface area contributed by atoms with Crippen LogP contribution in [-0.4, -0.2) is 6.54 Å². The van der Waals surface area contributed by atoms with E-state index in [1.165, 1.54) is 24.0 Å². The van der Waals surface area contributed by atoms with Gasteiger partial charge in [-0.25, -0.2) is 0 Å². The van der Waals surface area contributed by atoms with Crippen LogP contribution in [0.4, 0.5) is 0 Å². The number of halogens is 1. The zero-order chi connectivity index (χ0) is 9.97. The zero-order valence-electron chi connectivity index (χ0n) is 8.52. The van der Waals surface area contributed by atoms with Crippen molar-refractivity contribution in [3.63, 3.8) is 0 Å². The molecule has 0 spiro atoms. The van der Waals surface area contributed by atoms with Crippen molar-refractivity contribution in [3.8, 4) is 0 Å². The highest BCUT2D eigenvalue weighted by atomic mass is 35.5. The standard InChI is InChI=1S/C12H16ClN/c1-2-3-12-11-8-10(13)5-4-9(11)6-7-14-12/h4-5,8,12,14H,2-3,6-7H2,1H3. The molecule has 1 aliphatic rings. The molecule has 1 N–H and O–H groups in total. The maximum absolute atomic E-state index is 6.01. The number of benzene rings is 1. The van der Waals surface area contributed by atoms with E-state index in [1.807, 2.05) is 6.07 Å². The topological polar surface area (TPSA) is 12.0 Å². The first-order chi connectivity index (χ1) is 6.81. The molecule has 1 nitrogen and oxygen atoms in total. The second-order valence-corrected chi connectivity index (χ2v) is 4.32. The lowest BCUT2D eigenvalue weighted by molar-refractivity contribution is 0.471. The van der Waals surface area contributed by atoms with Crippen LogP contribution in [0.1, 0.15) is 36.9 Å². The van der Waals surface area contributed by atoms with E-state index >= 15 is 0 Å². The summed E-state index contributed by atoms with van der Waals surface area (Å²) >= 11 is 6.01. The predicted molar refractivity (Wildman–Crippen MR) is 60.8 cm³/mol. The lowest BCUT2D eigenvalue weighted by Gasteiger charge is -2.26. The molecule has 0 saturated heterocycles. The van der Waals surface area contributed by atoms with E-state index in [-0.39, 0.29) is 0 Å². The minimum Gasteiger partial charge on any atom is -0.310 e. The quantitative estimate of drug-likeness (QED) is 0.788. The molecule has 1 unspecified atom stereocenters. The molecule has 0 amide bonds. The van der Waals surface area contributed by atoms with Crippen LogP contribution in [0, 0.1) is 0 Å². The van der Waals surface area contributed by atoms with Gasteiger partial charge in [0.2, 0.25) is 0 Å². The van der Waals surface area contributed by atoms with Gasteiger partial charge in [0.25, 0.3) is 0 Å². The average Bonchev–Trinajstić information content (AvgIpc) is 2.19. The highest BCUT2D eigenvalue weighted by Gasteiger charge is 2.18. The molecule has 2 heteroatoms. The Morgan fingerprint density at radius 1 is 1.50 bits per heavy atom. The van der Waals surface area contributed by atoms with E-state index in [4.69, 9.17) is 11.6 Å². The van der Waals surface area contributed by atoms with E-state index in [9.17, 15) is 0 Å². The molecule has 0 saturated carbocycles. The summed E-state index contributed by atoms with van der Waals surface area (Å²) in [5.41, 5.74) is 2.87. The van der Waals surface area contributed by atoms with Crippen LogP contribution in [0.3, 0.4) is 0 Å². The maximum atomic E-state index is 6.01. The lowest BCUT2D eigenvalue weighted by Crippen LogP contribution is -2.29. The van der Waals surface area contributed by atoms with Crippen LogP contribution in [0.25, 0.3) is 0 Å². The summed E-state index contributed by atoms with van der Waals surface area (Å²) in [6, 6.07) is 6.79. The van der Waals surface area contributed by atoms with Crippen LogP contribution in [0.15, 0.2) is 18.2 Å². The normalized spacial score (nSPS) is 20.6. The summed E-state index contributed by atoms with van der Waals surface area (Å²) in [6.07, 6.45) is 3.55. The Hall–Kier alpha value is -0.530. The van der Waals surface area contributed by atoms with E-state index in [2.05, 4.69) is 24.4 Å². The molecule has 14 heavy (non-hydrogen) atoms. The Bertz CT molecular complexity index is 322. The molecule has 1 aromatic carbocycles. The van der Waals surface area contributed by atoms with Gasteiger partial charge in [0.15, 0.2) is 0 Å². The minimum absolute atomic E-state index is 0.516. The predicted octanol–water partition coefficient (Wildman–Crippen LogP) is 3.33. The van der Waals surface area contributed by atoms with Gasteiger partial charge >= 0.3 is 0 Å². The van der Waals surface area contributed by atoms with Crippen molar-refractivity contribution < 1.29 is 0 Å². The number of hydrogen-bond donors (Lipinski definition) is 1. The number of fused-ring (bicyclic) bond motifs is 1. The number of hydrogen-bond acceptors (Lipinski definition) is 1. The summed E-state index contributed by atoms with van der Waals surface area (Å²) in [4.78, 5) is 0. The molecule has 0 aliphatic carbocycles. The third-order valence-electron chi connectivity index (χ3n) is 2.85. The first-order valence-corrected chi connectivity index (χ1v) is 5.70. The van der Waals surface area contributed by atoms with E-state index in [0.29, 0.717) is 6.04 Å². The Balaban J connectivity index is 2.32. The summed E-state index contributed by atoms with van der Waals surface area (Å²) in [5.74, 6) is 0. The molecule has 1 heterocycles. The monoisotopic (exact) mass is 209 g/mol. The fourth-order valence-electron chi connectivity index (χ4n) is 2.16. The van der Waals surface area contributed by atoms with Crippen molar-refractivity contribution >= 4 is 11.6 Å². The van der Waals surface area contributed by atoms with Crippen LogP contribution < -0.4 is 5.32 Å². The maximum Gasteiger partial charge on any atom is 0.0409 e. The largest absolute Gasteiger partial charge is 0.310 e. The number of nitrogens with one attached hydrogen (secondary N) is 1. The summed E-state index contributed by atoms with van der Waals surface area (Å²) in [7, 11) is 0. The van der Waals surface area contributed by atoms with Gasteiger partial charge in [0, 0.05) is 11.1 Å². The van der Waals surface area contributed by atoms with Crippen LogP contribution in [0.2, 0.25) is 5.02 Å². The van der Waals surface area contributed by atoms with E-state index in [0.717, 1.165) is 18.0 Å². The van der Waals surface area contributed by atoms with Crippen LogP contribution >= 0.6 is 11.6 Å². The second-order valence-electron chi connectivity index (χ2n) is 3.89. The summed E-state index contributed by atoms with van der Waals surface area (Å²) in [6.45, 7) is 3.32. The molecule has 2 rings (SSSR count). The van der Waals surface area contributed by atoms with Gasteiger partial charge in [-0.05, 0) is 42.6 Å². The zero-order valence-corrected chi connectivity index (χ0v) is 9.27. The van der Waals surface area contributed by atoms with Gasteiger partial charge in [-0.15, -0.1) is 0 Å². The van der Waals surface area contributed by atoms with E-state index in [1.54, 1.807) is 0 Å². The van der Waals surface area contributed by atoms with Gasteiger partial charge < -0.3 is 5.32 Å². The van der Waals surface area contributed by atoms with Crippen molar-refractivity contribution in [2.75, 3.05) is 6.54 Å². The van der Waals surface area contributed by atoms with Gasteiger partial charge in [-0.1, -0.05) is 31.0 Å². The Morgan fingerprint density at radius 2 is 2.36 bits per heavy atom. The minimum atomic E-state index is 0.516. The first-order valence-electron chi connectivity index (χ1n) is 5.33. The first kappa shape index (κ1) is 10.0. The Kier molecular flexibility index (Phi) is 3.09.